The summed E-state index contributed by atoms with van der Waals surface area (Å²) in [7, 11) is -4.30. The van der Waals surface area contributed by atoms with Crippen LogP contribution < -0.4 is 15.4 Å². The number of amides is 2. The highest BCUT2D eigenvalue weighted by Gasteiger charge is 2.29. The number of nitrogens with one attached hydrogen (secondary N) is 3. The molecule has 0 heterocycles. The van der Waals surface area contributed by atoms with Gasteiger partial charge in [-0.2, -0.15) is 4.72 Å². The fraction of sp³-hybridized carbons (Fsp3) is 0.259. The highest BCUT2D eigenvalue weighted by Crippen LogP contribution is 2.29. The van der Waals surface area contributed by atoms with E-state index in [1.54, 1.807) is 30.3 Å². The van der Waals surface area contributed by atoms with Crippen molar-refractivity contribution in [3.8, 4) is 11.1 Å². The number of rotatable bonds is 11. The molecular weight excluding hydrogens is 549 g/mol. The fourth-order valence-corrected chi connectivity index (χ4v) is 5.93. The first-order valence-electron chi connectivity index (χ1n) is 11.9. The van der Waals surface area contributed by atoms with E-state index in [0.717, 1.165) is 17.5 Å². The summed E-state index contributed by atoms with van der Waals surface area (Å²) >= 11 is 12.0. The Kier molecular flexibility index (Phi) is 10.2. The topological polar surface area (TPSA) is 125 Å². The van der Waals surface area contributed by atoms with Gasteiger partial charge < -0.3 is 15.7 Å². The van der Waals surface area contributed by atoms with Crippen molar-refractivity contribution >= 4 is 50.9 Å². The molecule has 3 rings (SSSR count). The van der Waals surface area contributed by atoms with Crippen LogP contribution in [0.3, 0.4) is 0 Å². The third-order valence-electron chi connectivity index (χ3n) is 5.94. The second-order valence-electron chi connectivity index (χ2n) is 8.89. The zero-order valence-corrected chi connectivity index (χ0v) is 23.2. The zero-order chi connectivity index (χ0) is 27.9. The van der Waals surface area contributed by atoms with Crippen molar-refractivity contribution in [2.75, 3.05) is 11.9 Å². The van der Waals surface area contributed by atoms with Gasteiger partial charge in [-0.1, -0.05) is 85.9 Å². The third kappa shape index (κ3) is 7.94. The Hall–Kier alpha value is -3.11. The molecule has 2 atom stereocenters. The van der Waals surface area contributed by atoms with Crippen molar-refractivity contribution < 1.29 is 23.1 Å². The molecule has 0 bridgehead atoms. The lowest BCUT2D eigenvalue weighted by Gasteiger charge is -2.16. The van der Waals surface area contributed by atoms with Crippen molar-refractivity contribution in [2.24, 2.45) is 5.92 Å². The zero-order valence-electron chi connectivity index (χ0n) is 20.9. The normalized spacial score (nSPS) is 12.9. The Bertz CT molecular complexity index is 1380. The van der Waals surface area contributed by atoms with Crippen LogP contribution in [0.1, 0.15) is 25.8 Å². The first-order valence-corrected chi connectivity index (χ1v) is 14.2. The molecule has 0 fully saturated rings. The molecule has 0 saturated carbocycles. The minimum atomic E-state index is -4.30. The minimum Gasteiger partial charge on any atom is -0.480 e. The van der Waals surface area contributed by atoms with Gasteiger partial charge in [0.2, 0.25) is 10.0 Å². The van der Waals surface area contributed by atoms with Crippen molar-refractivity contribution in [2.45, 2.75) is 37.6 Å². The lowest BCUT2D eigenvalue weighted by molar-refractivity contribution is -0.138. The molecule has 3 aromatic carbocycles. The van der Waals surface area contributed by atoms with E-state index in [9.17, 15) is 23.1 Å². The predicted molar refractivity (Wildman–Crippen MR) is 150 cm³/mol. The van der Waals surface area contributed by atoms with Gasteiger partial charge in [-0.3, -0.25) is 4.79 Å². The van der Waals surface area contributed by atoms with Crippen LogP contribution in [0.5, 0.6) is 0 Å². The SMILES string of the molecule is CCC(C)CNC(=O)Nc1cccc(-c2ccc(CC(NS(=O)(=O)c3c(Cl)cccc3Cl)C(=O)O)cc2)c1. The largest absolute Gasteiger partial charge is 0.480 e. The van der Waals surface area contributed by atoms with E-state index in [4.69, 9.17) is 23.2 Å². The number of carbonyl (C=O) groups excluding carboxylic acids is 1. The van der Waals surface area contributed by atoms with Gasteiger partial charge in [0.25, 0.3) is 0 Å². The van der Waals surface area contributed by atoms with Crippen molar-refractivity contribution in [3.63, 3.8) is 0 Å². The Balaban J connectivity index is 1.71. The summed E-state index contributed by atoms with van der Waals surface area (Å²) in [5.74, 6) is -0.957. The molecule has 38 heavy (non-hydrogen) atoms. The maximum atomic E-state index is 12.8. The summed E-state index contributed by atoms with van der Waals surface area (Å²) in [4.78, 5) is 23.7. The number of carboxylic acids is 1. The number of carboxylic acid groups (broad SMARTS) is 1. The molecule has 4 N–H and O–H groups in total. The summed E-state index contributed by atoms with van der Waals surface area (Å²) in [6.45, 7) is 4.71. The van der Waals surface area contributed by atoms with Crippen LogP contribution in [0.2, 0.25) is 10.0 Å². The second kappa shape index (κ2) is 13.1. The van der Waals surface area contributed by atoms with Gasteiger partial charge in [0.15, 0.2) is 0 Å². The molecule has 0 aliphatic carbocycles. The highest BCUT2D eigenvalue weighted by atomic mass is 35.5. The van der Waals surface area contributed by atoms with E-state index in [1.165, 1.54) is 18.2 Å². The number of halogens is 2. The number of hydrogen-bond acceptors (Lipinski definition) is 4. The molecule has 2 amide bonds. The fourth-order valence-electron chi connectivity index (χ4n) is 3.60. The first-order chi connectivity index (χ1) is 18.0. The van der Waals surface area contributed by atoms with E-state index in [0.29, 0.717) is 23.7 Å². The van der Waals surface area contributed by atoms with Crippen molar-refractivity contribution in [1.82, 2.24) is 10.0 Å². The summed E-state index contributed by atoms with van der Waals surface area (Å²) in [5, 5.41) is 15.1. The molecule has 0 aliphatic rings. The molecule has 2 unspecified atom stereocenters. The number of carbonyl (C=O) groups is 2. The number of hydrogen-bond donors (Lipinski definition) is 4. The average Bonchev–Trinajstić information content (AvgIpc) is 2.87. The van der Waals surface area contributed by atoms with Crippen LogP contribution in [0.4, 0.5) is 10.5 Å². The highest BCUT2D eigenvalue weighted by molar-refractivity contribution is 7.89. The van der Waals surface area contributed by atoms with Crippen LogP contribution in [0, 0.1) is 5.92 Å². The molecule has 0 aromatic heterocycles. The Morgan fingerprint density at radius 3 is 2.18 bits per heavy atom. The first kappa shape index (κ1) is 29.4. The van der Waals surface area contributed by atoms with Gasteiger partial charge in [-0.05, 0) is 53.3 Å². The maximum absolute atomic E-state index is 12.8. The third-order valence-corrected chi connectivity index (χ3v) is 8.36. The molecule has 0 radical (unpaired) electrons. The maximum Gasteiger partial charge on any atom is 0.322 e. The van der Waals surface area contributed by atoms with E-state index in [1.807, 2.05) is 18.2 Å². The molecule has 3 aromatic rings. The molecular formula is C27H29Cl2N3O5S. The number of aliphatic carboxylic acids is 1. The molecule has 11 heteroatoms. The van der Waals surface area contributed by atoms with Crippen molar-refractivity contribution in [1.29, 1.82) is 0 Å². The van der Waals surface area contributed by atoms with Crippen LogP contribution in [-0.2, 0) is 21.2 Å². The summed E-state index contributed by atoms with van der Waals surface area (Å²) in [5.41, 5.74) is 2.92. The Labute approximate surface area is 232 Å². The van der Waals surface area contributed by atoms with Gasteiger partial charge >= 0.3 is 12.0 Å². The van der Waals surface area contributed by atoms with Gasteiger partial charge in [0.05, 0.1) is 10.0 Å². The van der Waals surface area contributed by atoms with Gasteiger partial charge in [-0.15, -0.1) is 0 Å². The molecule has 0 spiro atoms. The quantitative estimate of drug-likeness (QED) is 0.229. The molecule has 8 nitrogen and oxygen atoms in total. The average molecular weight is 579 g/mol. The van der Waals surface area contributed by atoms with Gasteiger partial charge in [0, 0.05) is 12.2 Å². The monoisotopic (exact) mass is 577 g/mol. The second-order valence-corrected chi connectivity index (χ2v) is 11.4. The number of urea groups is 1. The van der Waals surface area contributed by atoms with Crippen LogP contribution in [0.25, 0.3) is 11.1 Å². The standard InChI is InChI=1S/C27H29Cl2N3O5S/c1-3-17(2)16-30-27(35)31-21-7-4-6-20(15-21)19-12-10-18(11-13-19)14-24(26(33)34)32-38(36,37)25-22(28)8-5-9-23(25)29/h4-13,15,17,24,32H,3,14,16H2,1-2H3,(H,33,34)(H2,30,31,35). The number of anilines is 1. The van der Waals surface area contributed by atoms with Crippen molar-refractivity contribution in [3.05, 3.63) is 82.3 Å². The van der Waals surface area contributed by atoms with Gasteiger partial charge in [-0.25, -0.2) is 13.2 Å². The Morgan fingerprint density at radius 2 is 1.58 bits per heavy atom. The predicted octanol–water partition coefficient (Wildman–Crippen LogP) is 5.80. The smallest absolute Gasteiger partial charge is 0.322 e. The summed E-state index contributed by atoms with van der Waals surface area (Å²) in [6.07, 6.45) is 0.870. The number of sulfonamides is 1. The minimum absolute atomic E-state index is 0.102. The summed E-state index contributed by atoms with van der Waals surface area (Å²) < 4.78 is 27.9. The van der Waals surface area contributed by atoms with Gasteiger partial charge in [0.1, 0.15) is 10.9 Å². The lowest BCUT2D eigenvalue weighted by atomic mass is 10.0. The molecule has 0 saturated heterocycles. The van der Waals surface area contributed by atoms with Crippen LogP contribution in [-0.4, -0.2) is 38.1 Å². The van der Waals surface area contributed by atoms with E-state index < -0.39 is 22.0 Å². The lowest BCUT2D eigenvalue weighted by Crippen LogP contribution is -2.42. The molecule has 202 valence electrons. The van der Waals surface area contributed by atoms with Crippen LogP contribution in [0.15, 0.2) is 71.6 Å². The number of benzene rings is 3. The van der Waals surface area contributed by atoms with Crippen LogP contribution >= 0.6 is 23.2 Å². The Morgan fingerprint density at radius 1 is 0.947 bits per heavy atom. The molecule has 0 aliphatic heterocycles. The van der Waals surface area contributed by atoms with E-state index in [2.05, 4.69) is 29.2 Å². The van der Waals surface area contributed by atoms with E-state index in [-0.39, 0.29) is 27.4 Å². The summed E-state index contributed by atoms with van der Waals surface area (Å²) in [6, 6.07) is 16.9. The van der Waals surface area contributed by atoms with E-state index >= 15 is 0 Å².